The first-order valence-corrected chi connectivity index (χ1v) is 7.53. The Labute approximate surface area is 127 Å². The van der Waals surface area contributed by atoms with Gasteiger partial charge in [0.2, 0.25) is 0 Å². The lowest BCUT2D eigenvalue weighted by molar-refractivity contribution is 0.838. The number of hydrogen-bond donors (Lipinski definition) is 0. The Morgan fingerprint density at radius 2 is 1.33 bits per heavy atom. The Balaban J connectivity index is 2.27. The highest BCUT2D eigenvalue weighted by molar-refractivity contribution is 6.42. The minimum absolute atomic E-state index is 0.966. The zero-order chi connectivity index (χ0) is 14.9. The van der Waals surface area contributed by atoms with Gasteiger partial charge in [-0.3, -0.25) is 9.98 Å². The molecule has 0 N–H and O–H groups in total. The van der Waals surface area contributed by atoms with E-state index in [4.69, 9.17) is 9.98 Å². The minimum atomic E-state index is 0.966. The van der Waals surface area contributed by atoms with Crippen LogP contribution in [0.2, 0.25) is 0 Å². The SMILES string of the molecule is CCCCC(=Nc1ccccc1)C(C)=Nc1ccccc1. The second-order valence-electron chi connectivity index (χ2n) is 5.03. The topological polar surface area (TPSA) is 24.7 Å². The van der Waals surface area contributed by atoms with E-state index in [2.05, 4.69) is 6.92 Å². The van der Waals surface area contributed by atoms with Crippen molar-refractivity contribution >= 4 is 22.8 Å². The van der Waals surface area contributed by atoms with E-state index in [0.717, 1.165) is 42.1 Å². The highest BCUT2D eigenvalue weighted by Gasteiger charge is 2.04. The summed E-state index contributed by atoms with van der Waals surface area (Å²) in [5.74, 6) is 0. The quantitative estimate of drug-likeness (QED) is 0.602. The second-order valence-corrected chi connectivity index (χ2v) is 5.03. The molecule has 0 aromatic heterocycles. The molecule has 0 radical (unpaired) electrons. The van der Waals surface area contributed by atoms with Gasteiger partial charge >= 0.3 is 0 Å². The fraction of sp³-hybridized carbons (Fsp3) is 0.263. The summed E-state index contributed by atoms with van der Waals surface area (Å²) in [6.07, 6.45) is 3.26. The maximum atomic E-state index is 4.78. The van der Waals surface area contributed by atoms with E-state index in [0.29, 0.717) is 0 Å². The summed E-state index contributed by atoms with van der Waals surface area (Å²) in [7, 11) is 0. The maximum Gasteiger partial charge on any atom is 0.0633 e. The predicted octanol–water partition coefficient (Wildman–Crippen LogP) is 5.74. The second kappa shape index (κ2) is 8.15. The summed E-state index contributed by atoms with van der Waals surface area (Å²) in [6.45, 7) is 4.24. The molecule has 2 nitrogen and oxygen atoms in total. The number of hydrogen-bond acceptors (Lipinski definition) is 2. The van der Waals surface area contributed by atoms with Gasteiger partial charge in [0.1, 0.15) is 0 Å². The Hall–Kier alpha value is -2.22. The normalized spacial score (nSPS) is 12.5. The van der Waals surface area contributed by atoms with E-state index >= 15 is 0 Å². The van der Waals surface area contributed by atoms with E-state index in [1.807, 2.05) is 67.6 Å². The molecule has 0 aliphatic heterocycles. The van der Waals surface area contributed by atoms with Crippen molar-refractivity contribution in [2.75, 3.05) is 0 Å². The summed E-state index contributed by atoms with van der Waals surface area (Å²) < 4.78 is 0. The maximum absolute atomic E-state index is 4.78. The average molecular weight is 278 g/mol. The first kappa shape index (κ1) is 15.2. The van der Waals surface area contributed by atoms with Crippen LogP contribution >= 0.6 is 0 Å². The van der Waals surface area contributed by atoms with Gasteiger partial charge in [-0.05, 0) is 44.0 Å². The Kier molecular flexibility index (Phi) is 5.89. The van der Waals surface area contributed by atoms with Gasteiger partial charge in [-0.1, -0.05) is 49.7 Å². The van der Waals surface area contributed by atoms with Gasteiger partial charge in [0.15, 0.2) is 0 Å². The van der Waals surface area contributed by atoms with E-state index in [-0.39, 0.29) is 0 Å². The molecule has 0 fully saturated rings. The monoisotopic (exact) mass is 278 g/mol. The third-order valence-electron chi connectivity index (χ3n) is 3.26. The molecule has 0 bridgehead atoms. The number of para-hydroxylation sites is 2. The zero-order valence-corrected chi connectivity index (χ0v) is 12.8. The number of nitrogens with zero attached hydrogens (tertiary/aromatic N) is 2. The Morgan fingerprint density at radius 1 is 0.810 bits per heavy atom. The van der Waals surface area contributed by atoms with E-state index < -0.39 is 0 Å². The van der Waals surface area contributed by atoms with Crippen molar-refractivity contribution in [3.05, 3.63) is 60.7 Å². The molecule has 2 heteroatoms. The number of aliphatic imine (C=N–C) groups is 2. The van der Waals surface area contributed by atoms with Crippen molar-refractivity contribution in [1.82, 2.24) is 0 Å². The van der Waals surface area contributed by atoms with Crippen LogP contribution < -0.4 is 0 Å². The van der Waals surface area contributed by atoms with Crippen molar-refractivity contribution < 1.29 is 0 Å². The van der Waals surface area contributed by atoms with Crippen LogP contribution in [0.25, 0.3) is 0 Å². The van der Waals surface area contributed by atoms with E-state index in [9.17, 15) is 0 Å². The minimum Gasteiger partial charge on any atom is -0.252 e. The summed E-state index contributed by atoms with van der Waals surface area (Å²) in [5.41, 5.74) is 4.05. The highest BCUT2D eigenvalue weighted by atomic mass is 14.8. The standard InChI is InChI=1S/C19H22N2/c1-3-4-15-19(21-18-13-9-6-10-14-18)16(2)20-17-11-7-5-8-12-17/h5-14H,3-4,15H2,1-2H3. The van der Waals surface area contributed by atoms with Crippen LogP contribution in [0.4, 0.5) is 11.4 Å². The lowest BCUT2D eigenvalue weighted by Gasteiger charge is -2.06. The molecule has 0 saturated carbocycles. The Morgan fingerprint density at radius 3 is 1.86 bits per heavy atom. The van der Waals surface area contributed by atoms with Crippen molar-refractivity contribution in [2.24, 2.45) is 9.98 Å². The summed E-state index contributed by atoms with van der Waals surface area (Å²) in [5, 5.41) is 0. The van der Waals surface area contributed by atoms with Crippen LogP contribution in [-0.2, 0) is 0 Å². The fourth-order valence-electron chi connectivity index (χ4n) is 2.08. The number of unbranched alkanes of at least 4 members (excludes halogenated alkanes) is 1. The first-order chi connectivity index (χ1) is 10.3. The summed E-state index contributed by atoms with van der Waals surface area (Å²) >= 11 is 0. The highest BCUT2D eigenvalue weighted by Crippen LogP contribution is 2.15. The molecule has 2 aromatic carbocycles. The van der Waals surface area contributed by atoms with Gasteiger partial charge in [0.25, 0.3) is 0 Å². The van der Waals surface area contributed by atoms with Crippen LogP contribution in [0, 0.1) is 0 Å². The Bertz CT molecular complexity index is 598. The molecule has 108 valence electrons. The molecule has 21 heavy (non-hydrogen) atoms. The number of rotatable bonds is 6. The smallest absolute Gasteiger partial charge is 0.0633 e. The first-order valence-electron chi connectivity index (χ1n) is 7.53. The lowest BCUT2D eigenvalue weighted by Crippen LogP contribution is -2.10. The van der Waals surface area contributed by atoms with Crippen molar-refractivity contribution in [3.63, 3.8) is 0 Å². The molecule has 0 amide bonds. The van der Waals surface area contributed by atoms with Gasteiger partial charge in [0.05, 0.1) is 22.8 Å². The van der Waals surface area contributed by atoms with E-state index in [1.165, 1.54) is 0 Å². The van der Waals surface area contributed by atoms with E-state index in [1.54, 1.807) is 0 Å². The molecule has 0 atom stereocenters. The predicted molar refractivity (Wildman–Crippen MR) is 92.3 cm³/mol. The molecule has 0 saturated heterocycles. The van der Waals surface area contributed by atoms with Gasteiger partial charge in [-0.25, -0.2) is 0 Å². The van der Waals surface area contributed by atoms with Gasteiger partial charge in [-0.2, -0.15) is 0 Å². The molecule has 0 unspecified atom stereocenters. The summed E-state index contributed by atoms with van der Waals surface area (Å²) in [4.78, 5) is 9.47. The van der Waals surface area contributed by atoms with Crippen LogP contribution in [-0.4, -0.2) is 11.4 Å². The molecule has 0 spiro atoms. The third kappa shape index (κ3) is 4.99. The van der Waals surface area contributed by atoms with Crippen molar-refractivity contribution in [2.45, 2.75) is 33.1 Å². The molecule has 0 heterocycles. The van der Waals surface area contributed by atoms with Gasteiger partial charge < -0.3 is 0 Å². The summed E-state index contributed by atoms with van der Waals surface area (Å²) in [6, 6.07) is 20.1. The molecule has 2 rings (SSSR count). The van der Waals surface area contributed by atoms with Crippen molar-refractivity contribution in [3.8, 4) is 0 Å². The fourth-order valence-corrected chi connectivity index (χ4v) is 2.08. The lowest BCUT2D eigenvalue weighted by atomic mass is 10.1. The molecule has 0 aliphatic carbocycles. The van der Waals surface area contributed by atoms with Gasteiger partial charge in [-0.15, -0.1) is 0 Å². The molecule has 2 aromatic rings. The molecule has 0 aliphatic rings. The van der Waals surface area contributed by atoms with Gasteiger partial charge in [0, 0.05) is 0 Å². The van der Waals surface area contributed by atoms with Crippen LogP contribution in [0.5, 0.6) is 0 Å². The third-order valence-corrected chi connectivity index (χ3v) is 3.26. The van der Waals surface area contributed by atoms with Crippen LogP contribution in [0.3, 0.4) is 0 Å². The largest absolute Gasteiger partial charge is 0.252 e. The number of benzene rings is 2. The van der Waals surface area contributed by atoms with Crippen LogP contribution in [0.15, 0.2) is 70.6 Å². The molecular formula is C19H22N2. The molecular weight excluding hydrogens is 256 g/mol. The average Bonchev–Trinajstić information content (AvgIpc) is 2.53. The van der Waals surface area contributed by atoms with Crippen LogP contribution in [0.1, 0.15) is 33.1 Å². The zero-order valence-electron chi connectivity index (χ0n) is 12.8. The van der Waals surface area contributed by atoms with Crippen molar-refractivity contribution in [1.29, 1.82) is 0 Å².